The van der Waals surface area contributed by atoms with Crippen LogP contribution in [0.1, 0.15) is 47.0 Å². The normalized spacial score (nSPS) is 27.3. The summed E-state index contributed by atoms with van der Waals surface area (Å²) in [5, 5.41) is 11.9. The van der Waals surface area contributed by atoms with Crippen LogP contribution < -0.4 is 5.32 Å². The highest BCUT2D eigenvalue weighted by Crippen LogP contribution is 2.58. The second kappa shape index (κ2) is 5.07. The summed E-state index contributed by atoms with van der Waals surface area (Å²) >= 11 is 0. The van der Waals surface area contributed by atoms with E-state index < -0.39 is 17.3 Å². The highest BCUT2D eigenvalue weighted by molar-refractivity contribution is 5.91. The van der Waals surface area contributed by atoms with E-state index in [1.807, 2.05) is 20.8 Å². The van der Waals surface area contributed by atoms with Crippen LogP contribution in [0.5, 0.6) is 0 Å². The van der Waals surface area contributed by atoms with Crippen molar-refractivity contribution in [1.29, 1.82) is 0 Å². The summed E-state index contributed by atoms with van der Waals surface area (Å²) < 4.78 is 0. The van der Waals surface area contributed by atoms with Crippen molar-refractivity contribution in [1.82, 2.24) is 5.32 Å². The van der Waals surface area contributed by atoms with Gasteiger partial charge in [-0.3, -0.25) is 9.59 Å². The molecule has 1 aliphatic rings. The lowest BCUT2D eigenvalue weighted by atomic mass is 10.1. The number of carboxylic acids is 1. The third-order valence-electron chi connectivity index (χ3n) is 3.76. The van der Waals surface area contributed by atoms with E-state index in [2.05, 4.69) is 12.2 Å². The number of amides is 1. The zero-order valence-electron chi connectivity index (χ0n) is 11.1. The molecule has 3 atom stereocenters. The molecule has 0 bridgehead atoms. The lowest BCUT2D eigenvalue weighted by Crippen LogP contribution is -2.35. The molecule has 1 unspecified atom stereocenters. The van der Waals surface area contributed by atoms with Crippen molar-refractivity contribution >= 4 is 11.9 Å². The van der Waals surface area contributed by atoms with Crippen LogP contribution in [0.4, 0.5) is 0 Å². The maximum absolute atomic E-state index is 11.9. The molecule has 0 radical (unpaired) electrons. The quantitative estimate of drug-likeness (QED) is 0.747. The minimum Gasteiger partial charge on any atom is -0.481 e. The Kier molecular flexibility index (Phi) is 4.17. The van der Waals surface area contributed by atoms with E-state index in [4.69, 9.17) is 5.11 Å². The first-order chi connectivity index (χ1) is 7.82. The zero-order valence-corrected chi connectivity index (χ0v) is 11.1. The van der Waals surface area contributed by atoms with Crippen molar-refractivity contribution in [3.05, 3.63) is 0 Å². The van der Waals surface area contributed by atoms with Crippen molar-refractivity contribution in [3.63, 3.8) is 0 Å². The first kappa shape index (κ1) is 14.0. The largest absolute Gasteiger partial charge is 0.481 e. The second-order valence-corrected chi connectivity index (χ2v) is 5.67. The minimum atomic E-state index is -0.864. The molecule has 0 spiro atoms. The Morgan fingerprint density at radius 3 is 2.35 bits per heavy atom. The molecule has 0 aromatic carbocycles. The maximum atomic E-state index is 11.9. The van der Waals surface area contributed by atoms with Gasteiger partial charge in [-0.05, 0) is 18.8 Å². The minimum absolute atomic E-state index is 0.106. The Morgan fingerprint density at radius 2 is 1.94 bits per heavy atom. The van der Waals surface area contributed by atoms with Crippen LogP contribution >= 0.6 is 0 Å². The summed E-state index contributed by atoms with van der Waals surface area (Å²) in [6.07, 6.45) is 3.14. The van der Waals surface area contributed by atoms with Crippen LogP contribution in [0, 0.1) is 17.3 Å². The van der Waals surface area contributed by atoms with Gasteiger partial charge in [0.25, 0.3) is 0 Å². The van der Waals surface area contributed by atoms with Crippen LogP contribution in [-0.2, 0) is 9.59 Å². The van der Waals surface area contributed by atoms with Gasteiger partial charge in [0.2, 0.25) is 5.91 Å². The molecule has 0 aliphatic heterocycles. The van der Waals surface area contributed by atoms with Crippen LogP contribution in [0.2, 0.25) is 0 Å². The molecule has 1 aliphatic carbocycles. The summed E-state index contributed by atoms with van der Waals surface area (Å²) in [6, 6.07) is 0.133. The number of nitrogens with one attached hydrogen (secondary N) is 1. The summed E-state index contributed by atoms with van der Waals surface area (Å²) in [4.78, 5) is 22.9. The van der Waals surface area contributed by atoms with Crippen molar-refractivity contribution in [2.45, 2.75) is 53.0 Å². The van der Waals surface area contributed by atoms with Gasteiger partial charge in [-0.15, -0.1) is 0 Å². The second-order valence-electron chi connectivity index (χ2n) is 5.67. The number of carbonyl (C=O) groups is 2. The average Bonchev–Trinajstić information content (AvgIpc) is 2.78. The Hall–Kier alpha value is -1.06. The number of rotatable bonds is 6. The molecular formula is C13H23NO3. The maximum Gasteiger partial charge on any atom is 0.307 e. The highest BCUT2D eigenvalue weighted by atomic mass is 16.4. The number of hydrogen-bond donors (Lipinski definition) is 2. The molecule has 0 aromatic heterocycles. The monoisotopic (exact) mass is 241 g/mol. The molecule has 1 fully saturated rings. The molecule has 1 amide bonds. The molecule has 2 N–H and O–H groups in total. The van der Waals surface area contributed by atoms with Gasteiger partial charge < -0.3 is 10.4 Å². The number of hydrogen-bond acceptors (Lipinski definition) is 2. The predicted molar refractivity (Wildman–Crippen MR) is 65.5 cm³/mol. The van der Waals surface area contributed by atoms with E-state index in [0.717, 1.165) is 19.3 Å². The molecule has 0 aromatic rings. The van der Waals surface area contributed by atoms with Gasteiger partial charge in [-0.2, -0.15) is 0 Å². The average molecular weight is 241 g/mol. The summed E-state index contributed by atoms with van der Waals surface area (Å²) in [6.45, 7) is 7.76. The van der Waals surface area contributed by atoms with Crippen molar-refractivity contribution in [2.24, 2.45) is 17.3 Å². The first-order valence-corrected chi connectivity index (χ1v) is 6.35. The van der Waals surface area contributed by atoms with Crippen LogP contribution in [-0.4, -0.2) is 23.0 Å². The fourth-order valence-corrected chi connectivity index (χ4v) is 2.50. The Bertz CT molecular complexity index is 312. The van der Waals surface area contributed by atoms with Gasteiger partial charge in [-0.25, -0.2) is 0 Å². The van der Waals surface area contributed by atoms with E-state index in [-0.39, 0.29) is 17.9 Å². The number of aliphatic carboxylic acids is 1. The van der Waals surface area contributed by atoms with E-state index in [9.17, 15) is 9.59 Å². The lowest BCUT2D eigenvalue weighted by Gasteiger charge is -2.13. The fraction of sp³-hybridized carbons (Fsp3) is 0.846. The number of unbranched alkanes of at least 4 members (excludes halogenated alkanes) is 1. The standard InChI is InChI=1S/C13H23NO3/c1-5-6-7-8(2)14-11(15)9-10(12(16)17)13(9,3)4/h8-10H,5-7H2,1-4H3,(H,14,15)(H,16,17)/t8?,9-,10+/m1/s1. The fourth-order valence-electron chi connectivity index (χ4n) is 2.50. The summed E-state index contributed by atoms with van der Waals surface area (Å²) in [5.74, 6) is -1.87. The molecular weight excluding hydrogens is 218 g/mol. The first-order valence-electron chi connectivity index (χ1n) is 6.35. The van der Waals surface area contributed by atoms with Gasteiger partial charge in [0.15, 0.2) is 0 Å². The lowest BCUT2D eigenvalue weighted by molar-refractivity contribution is -0.140. The highest BCUT2D eigenvalue weighted by Gasteiger charge is 2.65. The topological polar surface area (TPSA) is 66.4 Å². The SMILES string of the molecule is CCCCC(C)NC(=O)[C@H]1[C@@H](C(=O)O)C1(C)C. The van der Waals surface area contributed by atoms with E-state index >= 15 is 0 Å². The zero-order chi connectivity index (χ0) is 13.2. The molecule has 0 saturated heterocycles. The third-order valence-corrected chi connectivity index (χ3v) is 3.76. The Morgan fingerprint density at radius 1 is 1.35 bits per heavy atom. The molecule has 4 nitrogen and oxygen atoms in total. The van der Waals surface area contributed by atoms with E-state index in [1.54, 1.807) is 0 Å². The van der Waals surface area contributed by atoms with Gasteiger partial charge in [-0.1, -0.05) is 33.6 Å². The molecule has 4 heteroatoms. The van der Waals surface area contributed by atoms with Crippen LogP contribution in [0.25, 0.3) is 0 Å². The van der Waals surface area contributed by atoms with Gasteiger partial charge in [0.05, 0.1) is 11.8 Å². The number of carboxylic acid groups (broad SMARTS) is 1. The molecule has 17 heavy (non-hydrogen) atoms. The van der Waals surface area contributed by atoms with E-state index in [0.29, 0.717) is 0 Å². The van der Waals surface area contributed by atoms with Crippen molar-refractivity contribution in [2.75, 3.05) is 0 Å². The molecule has 98 valence electrons. The summed E-state index contributed by atoms with van der Waals surface area (Å²) in [5.41, 5.74) is -0.402. The van der Waals surface area contributed by atoms with Crippen molar-refractivity contribution < 1.29 is 14.7 Å². The van der Waals surface area contributed by atoms with Gasteiger partial charge in [0.1, 0.15) is 0 Å². The predicted octanol–water partition coefficient (Wildman–Crippen LogP) is 2.04. The van der Waals surface area contributed by atoms with Gasteiger partial charge >= 0.3 is 5.97 Å². The summed E-state index contributed by atoms with van der Waals surface area (Å²) in [7, 11) is 0. The molecule has 1 rings (SSSR count). The Balaban J connectivity index is 2.47. The smallest absolute Gasteiger partial charge is 0.307 e. The van der Waals surface area contributed by atoms with Gasteiger partial charge in [0, 0.05) is 6.04 Å². The van der Waals surface area contributed by atoms with Crippen molar-refractivity contribution in [3.8, 4) is 0 Å². The molecule has 0 heterocycles. The number of carbonyl (C=O) groups excluding carboxylic acids is 1. The van der Waals surface area contributed by atoms with E-state index in [1.165, 1.54) is 0 Å². The third kappa shape index (κ3) is 2.99. The molecule has 1 saturated carbocycles. The van der Waals surface area contributed by atoms with Crippen LogP contribution in [0.15, 0.2) is 0 Å². The van der Waals surface area contributed by atoms with Crippen LogP contribution in [0.3, 0.4) is 0 Å². The Labute approximate surface area is 103 Å².